The fourth-order valence-corrected chi connectivity index (χ4v) is 3.84. The maximum absolute atomic E-state index is 11.2. The van der Waals surface area contributed by atoms with Crippen LogP contribution in [0.4, 0.5) is 5.69 Å². The van der Waals surface area contributed by atoms with Gasteiger partial charge in [-0.3, -0.25) is 0 Å². The van der Waals surface area contributed by atoms with Gasteiger partial charge < -0.3 is 15.2 Å². The predicted octanol–water partition coefficient (Wildman–Crippen LogP) is 5.55. The number of ether oxygens (including phenoxy) is 1. The van der Waals surface area contributed by atoms with Crippen molar-refractivity contribution in [3.8, 4) is 5.75 Å². The molecule has 146 valence electrons. The molecule has 2 atom stereocenters. The van der Waals surface area contributed by atoms with Gasteiger partial charge in [0.05, 0.1) is 13.2 Å². The molecule has 0 aliphatic heterocycles. The molecule has 0 saturated heterocycles. The Kier molecular flexibility index (Phi) is 6.37. The average Bonchev–Trinajstić information content (AvgIpc) is 2.70. The molecule has 3 heteroatoms. The van der Waals surface area contributed by atoms with E-state index in [9.17, 15) is 5.11 Å². The van der Waals surface area contributed by atoms with Crippen molar-refractivity contribution < 1.29 is 9.84 Å². The van der Waals surface area contributed by atoms with Gasteiger partial charge in [0.2, 0.25) is 0 Å². The minimum Gasteiger partial charge on any atom is -0.497 e. The molecule has 0 fully saturated rings. The second-order valence-electron chi connectivity index (χ2n) is 7.39. The Morgan fingerprint density at radius 2 is 1.50 bits per heavy atom. The summed E-state index contributed by atoms with van der Waals surface area (Å²) in [5, 5.41) is 14.8. The first-order valence-electron chi connectivity index (χ1n) is 9.68. The van der Waals surface area contributed by atoms with Gasteiger partial charge in [0.25, 0.3) is 0 Å². The molecule has 3 nitrogen and oxygen atoms in total. The molecule has 3 aromatic rings. The highest BCUT2D eigenvalue weighted by Gasteiger charge is 2.23. The largest absolute Gasteiger partial charge is 0.497 e. The Morgan fingerprint density at radius 3 is 2.14 bits per heavy atom. The number of anilines is 1. The molecule has 0 saturated carbocycles. The van der Waals surface area contributed by atoms with E-state index in [2.05, 4.69) is 50.4 Å². The van der Waals surface area contributed by atoms with E-state index in [1.54, 1.807) is 7.11 Å². The van der Waals surface area contributed by atoms with E-state index in [4.69, 9.17) is 4.74 Å². The zero-order valence-corrected chi connectivity index (χ0v) is 17.1. The van der Waals surface area contributed by atoms with Gasteiger partial charge in [-0.05, 0) is 55.2 Å². The van der Waals surface area contributed by atoms with Gasteiger partial charge in [0.1, 0.15) is 5.75 Å². The monoisotopic (exact) mass is 375 g/mol. The van der Waals surface area contributed by atoms with Crippen molar-refractivity contribution in [3.63, 3.8) is 0 Å². The smallest absolute Gasteiger partial charge is 0.119 e. The summed E-state index contributed by atoms with van der Waals surface area (Å²) in [5.74, 6) is 0.662. The third-order valence-corrected chi connectivity index (χ3v) is 5.22. The second-order valence-corrected chi connectivity index (χ2v) is 7.39. The summed E-state index contributed by atoms with van der Waals surface area (Å²) in [7, 11) is 1.64. The molecule has 3 aromatic carbocycles. The van der Waals surface area contributed by atoms with Gasteiger partial charge in [0, 0.05) is 18.2 Å². The normalized spacial score (nSPS) is 13.0. The van der Waals surface area contributed by atoms with Crippen molar-refractivity contribution in [1.82, 2.24) is 0 Å². The van der Waals surface area contributed by atoms with Gasteiger partial charge in [-0.15, -0.1) is 0 Å². The van der Waals surface area contributed by atoms with Crippen LogP contribution in [0.2, 0.25) is 0 Å². The fraction of sp³-hybridized carbons (Fsp3) is 0.280. The third-order valence-electron chi connectivity index (χ3n) is 5.22. The highest BCUT2D eigenvalue weighted by molar-refractivity contribution is 5.58. The molecule has 3 rings (SSSR count). The molecule has 0 aliphatic rings. The van der Waals surface area contributed by atoms with Crippen LogP contribution in [0.5, 0.6) is 5.75 Å². The van der Waals surface area contributed by atoms with E-state index >= 15 is 0 Å². The van der Waals surface area contributed by atoms with Crippen LogP contribution in [0.1, 0.15) is 39.8 Å². The number of hydrogen-bond acceptors (Lipinski definition) is 3. The maximum atomic E-state index is 11.2. The van der Waals surface area contributed by atoms with Crippen LogP contribution >= 0.6 is 0 Å². The van der Waals surface area contributed by atoms with Crippen LogP contribution in [-0.4, -0.2) is 18.8 Å². The molecule has 0 bridgehead atoms. The predicted molar refractivity (Wildman–Crippen MR) is 116 cm³/mol. The molecular weight excluding hydrogens is 346 g/mol. The number of benzene rings is 3. The standard InChI is InChI=1S/C25H29NO2/c1-17-13-18(2)24(19(3)14-17)26-16-23(20-9-6-5-7-10-20)25(27)21-11-8-12-22(15-21)28-4/h5-15,23,25-27H,16H2,1-4H3. The lowest BCUT2D eigenvalue weighted by Gasteiger charge is -2.26. The van der Waals surface area contributed by atoms with Gasteiger partial charge >= 0.3 is 0 Å². The van der Waals surface area contributed by atoms with Crippen molar-refractivity contribution >= 4 is 5.69 Å². The molecule has 0 amide bonds. The number of aliphatic hydroxyl groups excluding tert-OH is 1. The van der Waals surface area contributed by atoms with Crippen LogP contribution in [0.15, 0.2) is 66.7 Å². The number of aryl methyl sites for hydroxylation is 3. The first-order chi connectivity index (χ1) is 13.5. The summed E-state index contributed by atoms with van der Waals surface area (Å²) in [6, 6.07) is 22.2. The van der Waals surface area contributed by atoms with E-state index < -0.39 is 6.10 Å². The number of aliphatic hydroxyl groups is 1. The summed E-state index contributed by atoms with van der Waals surface area (Å²) in [6.45, 7) is 6.99. The summed E-state index contributed by atoms with van der Waals surface area (Å²) in [6.07, 6.45) is -0.643. The quantitative estimate of drug-likeness (QED) is 0.569. The topological polar surface area (TPSA) is 41.5 Å². The van der Waals surface area contributed by atoms with Gasteiger partial charge in [0.15, 0.2) is 0 Å². The van der Waals surface area contributed by atoms with E-state index in [-0.39, 0.29) is 5.92 Å². The van der Waals surface area contributed by atoms with Crippen LogP contribution in [0, 0.1) is 20.8 Å². The second kappa shape index (κ2) is 8.94. The Balaban J connectivity index is 1.90. The van der Waals surface area contributed by atoms with Gasteiger partial charge in [-0.25, -0.2) is 0 Å². The number of hydrogen-bond donors (Lipinski definition) is 2. The molecule has 0 heterocycles. The highest BCUT2D eigenvalue weighted by Crippen LogP contribution is 2.33. The van der Waals surface area contributed by atoms with Crippen molar-refractivity contribution in [2.24, 2.45) is 0 Å². The summed E-state index contributed by atoms with van der Waals surface area (Å²) in [4.78, 5) is 0. The summed E-state index contributed by atoms with van der Waals surface area (Å²) in [5.41, 5.74) is 6.81. The Labute approximate surface area is 168 Å². The first kappa shape index (κ1) is 20.0. The minimum absolute atomic E-state index is 0.0894. The van der Waals surface area contributed by atoms with E-state index in [1.807, 2.05) is 42.5 Å². The van der Waals surface area contributed by atoms with Crippen LogP contribution in [-0.2, 0) is 0 Å². The van der Waals surface area contributed by atoms with E-state index in [0.29, 0.717) is 6.54 Å². The third kappa shape index (κ3) is 4.55. The van der Waals surface area contributed by atoms with E-state index in [1.165, 1.54) is 16.7 Å². The lowest BCUT2D eigenvalue weighted by atomic mass is 9.88. The highest BCUT2D eigenvalue weighted by atomic mass is 16.5. The molecule has 0 aliphatic carbocycles. The molecular formula is C25H29NO2. The molecule has 2 unspecified atom stereocenters. The van der Waals surface area contributed by atoms with Gasteiger partial charge in [-0.2, -0.15) is 0 Å². The summed E-state index contributed by atoms with van der Waals surface area (Å²) < 4.78 is 5.34. The SMILES string of the molecule is COc1cccc(C(O)C(CNc2c(C)cc(C)cc2C)c2ccccc2)c1. The molecule has 28 heavy (non-hydrogen) atoms. The van der Waals surface area contributed by atoms with Crippen molar-refractivity contribution in [1.29, 1.82) is 0 Å². The van der Waals surface area contributed by atoms with Crippen LogP contribution in [0.25, 0.3) is 0 Å². The number of nitrogens with one attached hydrogen (secondary N) is 1. The Hall–Kier alpha value is -2.78. The Bertz CT molecular complexity index is 898. The maximum Gasteiger partial charge on any atom is 0.119 e. The van der Waals surface area contributed by atoms with E-state index in [0.717, 1.165) is 22.6 Å². The lowest BCUT2D eigenvalue weighted by Crippen LogP contribution is -2.21. The molecule has 0 radical (unpaired) electrons. The number of rotatable bonds is 7. The zero-order chi connectivity index (χ0) is 20.1. The van der Waals surface area contributed by atoms with Crippen LogP contribution < -0.4 is 10.1 Å². The Morgan fingerprint density at radius 1 is 0.857 bits per heavy atom. The minimum atomic E-state index is -0.643. The molecule has 0 aromatic heterocycles. The number of methoxy groups -OCH3 is 1. The molecule has 2 N–H and O–H groups in total. The van der Waals surface area contributed by atoms with Crippen LogP contribution in [0.3, 0.4) is 0 Å². The van der Waals surface area contributed by atoms with Crippen molar-refractivity contribution in [3.05, 3.63) is 94.5 Å². The molecule has 0 spiro atoms. The summed E-state index contributed by atoms with van der Waals surface area (Å²) >= 11 is 0. The van der Waals surface area contributed by atoms with Gasteiger partial charge in [-0.1, -0.05) is 60.2 Å². The average molecular weight is 376 g/mol. The zero-order valence-electron chi connectivity index (χ0n) is 17.1. The van der Waals surface area contributed by atoms with Crippen molar-refractivity contribution in [2.75, 3.05) is 19.0 Å². The first-order valence-corrected chi connectivity index (χ1v) is 9.68. The fourth-order valence-electron chi connectivity index (χ4n) is 3.84. The lowest BCUT2D eigenvalue weighted by molar-refractivity contribution is 0.149. The van der Waals surface area contributed by atoms with Crippen molar-refractivity contribution in [2.45, 2.75) is 32.8 Å².